The Morgan fingerprint density at radius 2 is 1.71 bits per heavy atom. The fourth-order valence-corrected chi connectivity index (χ4v) is 0.942. The lowest BCUT2D eigenvalue weighted by Gasteiger charge is -2.30. The largest absolute Gasteiger partial charge is 0.397 e. The van der Waals surface area contributed by atoms with Gasteiger partial charge in [0.15, 0.2) is 0 Å². The molecule has 0 aromatic rings. The van der Waals surface area contributed by atoms with Crippen LogP contribution in [0.25, 0.3) is 0 Å². The zero-order valence-electron chi connectivity index (χ0n) is 8.20. The van der Waals surface area contributed by atoms with Crippen molar-refractivity contribution in [1.29, 1.82) is 0 Å². The number of rotatable bonds is 2. The highest BCUT2D eigenvalue weighted by Crippen LogP contribution is 2.30. The van der Waals surface area contributed by atoms with Crippen LogP contribution in [0, 0.1) is 5.41 Å². The Morgan fingerprint density at radius 3 is 1.93 bits per heavy atom. The number of nitrogens with one attached hydrogen (secondary N) is 1. The van der Waals surface area contributed by atoms with Gasteiger partial charge in [-0.1, -0.05) is 20.8 Å². The molecule has 2 nitrogen and oxygen atoms in total. The van der Waals surface area contributed by atoms with Crippen LogP contribution in [0.15, 0.2) is 0 Å². The van der Waals surface area contributed by atoms with Crippen molar-refractivity contribution >= 4 is 6.16 Å². The van der Waals surface area contributed by atoms with E-state index < -0.39 is 30.2 Å². The van der Waals surface area contributed by atoms with Gasteiger partial charge < -0.3 is 5.32 Å². The van der Waals surface area contributed by atoms with Crippen molar-refractivity contribution < 1.29 is 22.4 Å². The zero-order chi connectivity index (χ0) is 11.6. The van der Waals surface area contributed by atoms with Gasteiger partial charge in [0.05, 0.1) is 6.42 Å². The minimum absolute atomic E-state index is 0.836. The molecule has 1 N–H and O–H groups in total. The summed E-state index contributed by atoms with van der Waals surface area (Å²) in [6.45, 7) is 4.50. The fraction of sp³-hybridized carbons (Fsp3) is 0.875. The predicted molar refractivity (Wildman–Crippen MR) is 43.6 cm³/mol. The molecule has 0 aromatic carbocycles. The Labute approximate surface area is 79.7 Å². The maximum absolute atomic E-state index is 12.0. The van der Waals surface area contributed by atoms with E-state index in [0.717, 1.165) is 0 Å². The van der Waals surface area contributed by atoms with Gasteiger partial charge >= 0.3 is 12.3 Å². The molecular formula is C8H13F4NO. The summed E-state index contributed by atoms with van der Waals surface area (Å²) in [5.74, 6) is 0. The van der Waals surface area contributed by atoms with Gasteiger partial charge in [0.25, 0.3) is 0 Å². The lowest BCUT2D eigenvalue weighted by atomic mass is 9.85. The topological polar surface area (TPSA) is 29.1 Å². The summed E-state index contributed by atoms with van der Waals surface area (Å²) in [6, 6.07) is -1.25. The van der Waals surface area contributed by atoms with E-state index in [1.165, 1.54) is 20.8 Å². The molecule has 0 saturated heterocycles. The van der Waals surface area contributed by atoms with Crippen LogP contribution in [-0.2, 0) is 0 Å². The highest BCUT2D eigenvalue weighted by molar-refractivity contribution is 5.66. The van der Waals surface area contributed by atoms with Crippen molar-refractivity contribution in [1.82, 2.24) is 5.32 Å². The molecule has 1 unspecified atom stereocenters. The summed E-state index contributed by atoms with van der Waals surface area (Å²) >= 11 is 0. The minimum Gasteiger partial charge on any atom is -0.324 e. The summed E-state index contributed by atoms with van der Waals surface area (Å²) in [6.07, 6.45) is -7.58. The van der Waals surface area contributed by atoms with Gasteiger partial charge in [0.1, 0.15) is 0 Å². The number of carbonyl (C=O) groups excluding carboxylic acids is 1. The van der Waals surface area contributed by atoms with Gasteiger partial charge in [-0.3, -0.25) is 0 Å². The molecule has 6 heteroatoms. The van der Waals surface area contributed by atoms with E-state index >= 15 is 0 Å². The Hall–Kier alpha value is -0.810. The highest BCUT2D eigenvalue weighted by atomic mass is 19.4. The second-order valence-corrected chi connectivity index (χ2v) is 4.16. The Bertz CT molecular complexity index is 206. The lowest BCUT2D eigenvalue weighted by Crippen LogP contribution is -2.44. The number of hydrogen-bond donors (Lipinski definition) is 1. The molecule has 0 radical (unpaired) electrons. The van der Waals surface area contributed by atoms with E-state index in [2.05, 4.69) is 0 Å². The third-order valence-corrected chi connectivity index (χ3v) is 1.77. The quantitative estimate of drug-likeness (QED) is 0.428. The van der Waals surface area contributed by atoms with Crippen molar-refractivity contribution in [3.63, 3.8) is 0 Å². The van der Waals surface area contributed by atoms with Crippen LogP contribution < -0.4 is 5.32 Å². The molecule has 0 bridgehead atoms. The van der Waals surface area contributed by atoms with Crippen molar-refractivity contribution in [3.05, 3.63) is 0 Å². The standard InChI is InChI=1S/C8H13F4NO/c1-7(2,3)5(13-6(9)14)4-8(10,11)12/h5H,4H2,1-3H3,(H,13,14). The maximum atomic E-state index is 12.0. The summed E-state index contributed by atoms with van der Waals surface area (Å²) < 4.78 is 48.0. The van der Waals surface area contributed by atoms with Crippen LogP contribution in [0.1, 0.15) is 27.2 Å². The first-order valence-electron chi connectivity index (χ1n) is 4.05. The monoisotopic (exact) mass is 215 g/mol. The molecule has 0 rings (SSSR count). The Kier molecular flexibility index (Phi) is 3.91. The molecule has 0 aliphatic heterocycles. The predicted octanol–water partition coefficient (Wildman–Crippen LogP) is 3.03. The van der Waals surface area contributed by atoms with E-state index in [-0.39, 0.29) is 0 Å². The van der Waals surface area contributed by atoms with Gasteiger partial charge in [0.2, 0.25) is 0 Å². The molecule has 0 spiro atoms. The van der Waals surface area contributed by atoms with Gasteiger partial charge in [-0.15, -0.1) is 4.39 Å². The summed E-state index contributed by atoms with van der Waals surface area (Å²) in [5, 5.41) is 1.65. The Morgan fingerprint density at radius 1 is 1.29 bits per heavy atom. The molecule has 0 fully saturated rings. The van der Waals surface area contributed by atoms with Gasteiger partial charge in [-0.05, 0) is 5.41 Å². The summed E-state index contributed by atoms with van der Waals surface area (Å²) in [5.41, 5.74) is -0.836. The number of hydrogen-bond acceptors (Lipinski definition) is 1. The van der Waals surface area contributed by atoms with Crippen LogP contribution in [0.5, 0.6) is 0 Å². The minimum atomic E-state index is -4.42. The lowest BCUT2D eigenvalue weighted by molar-refractivity contribution is -0.145. The summed E-state index contributed by atoms with van der Waals surface area (Å²) in [4.78, 5) is 10.0. The maximum Gasteiger partial charge on any atom is 0.397 e. The van der Waals surface area contributed by atoms with Gasteiger partial charge in [0, 0.05) is 6.04 Å². The average Bonchev–Trinajstić information content (AvgIpc) is 1.78. The molecule has 0 heterocycles. The molecule has 1 atom stereocenters. The normalized spacial score (nSPS) is 15.1. The second kappa shape index (κ2) is 4.14. The molecule has 0 aromatic heterocycles. The van der Waals surface area contributed by atoms with Gasteiger partial charge in [-0.2, -0.15) is 13.2 Å². The van der Waals surface area contributed by atoms with Crippen molar-refractivity contribution in [2.45, 2.75) is 39.4 Å². The molecule has 0 aliphatic rings. The van der Waals surface area contributed by atoms with E-state index in [9.17, 15) is 22.4 Å². The van der Waals surface area contributed by atoms with Crippen LogP contribution in [-0.4, -0.2) is 18.4 Å². The van der Waals surface area contributed by atoms with Crippen LogP contribution >= 0.6 is 0 Å². The zero-order valence-corrected chi connectivity index (χ0v) is 8.20. The molecular weight excluding hydrogens is 202 g/mol. The number of amides is 1. The van der Waals surface area contributed by atoms with Crippen molar-refractivity contribution in [2.75, 3.05) is 0 Å². The van der Waals surface area contributed by atoms with Gasteiger partial charge in [-0.25, -0.2) is 4.79 Å². The van der Waals surface area contributed by atoms with E-state index in [0.29, 0.717) is 0 Å². The number of halogens is 4. The smallest absolute Gasteiger partial charge is 0.324 e. The molecule has 84 valence electrons. The molecule has 0 saturated carbocycles. The number of alkyl halides is 3. The van der Waals surface area contributed by atoms with Crippen LogP contribution in [0.4, 0.5) is 22.4 Å². The fourth-order valence-electron chi connectivity index (χ4n) is 0.942. The first-order chi connectivity index (χ1) is 6.02. The van der Waals surface area contributed by atoms with Crippen LogP contribution in [0.2, 0.25) is 0 Å². The first-order valence-corrected chi connectivity index (χ1v) is 4.05. The average molecular weight is 215 g/mol. The third-order valence-electron chi connectivity index (χ3n) is 1.77. The van der Waals surface area contributed by atoms with E-state index in [1.54, 1.807) is 5.32 Å². The van der Waals surface area contributed by atoms with Crippen molar-refractivity contribution in [3.8, 4) is 0 Å². The first kappa shape index (κ1) is 13.2. The molecule has 0 aliphatic carbocycles. The summed E-state index contributed by atoms with van der Waals surface area (Å²) in [7, 11) is 0. The highest BCUT2D eigenvalue weighted by Gasteiger charge is 2.38. The van der Waals surface area contributed by atoms with E-state index in [4.69, 9.17) is 0 Å². The molecule has 14 heavy (non-hydrogen) atoms. The SMILES string of the molecule is CC(C)(C)C(CC(F)(F)F)NC(=O)F. The third kappa shape index (κ3) is 5.77. The van der Waals surface area contributed by atoms with Crippen molar-refractivity contribution in [2.24, 2.45) is 5.41 Å². The molecule has 1 amide bonds. The van der Waals surface area contributed by atoms with Crippen LogP contribution in [0.3, 0.4) is 0 Å². The Balaban J connectivity index is 4.50. The number of carbonyl (C=O) groups is 1. The second-order valence-electron chi connectivity index (χ2n) is 4.16. The van der Waals surface area contributed by atoms with E-state index in [1.807, 2.05) is 0 Å².